The lowest BCUT2D eigenvalue weighted by Crippen LogP contribution is -2.34. The summed E-state index contributed by atoms with van der Waals surface area (Å²) in [5.41, 5.74) is 5.60. The van der Waals surface area contributed by atoms with Gasteiger partial charge in [-0.25, -0.2) is 0 Å². The van der Waals surface area contributed by atoms with Crippen LogP contribution in [0.1, 0.15) is 45.4 Å². The van der Waals surface area contributed by atoms with E-state index in [1.807, 2.05) is 60.8 Å². The van der Waals surface area contributed by atoms with E-state index in [1.165, 1.54) is 11.8 Å². The molecule has 32 heavy (non-hydrogen) atoms. The fraction of sp³-hybridized carbons (Fsp3) is 0.440. The minimum atomic E-state index is -1.06. The Morgan fingerprint density at radius 3 is 2.25 bits per heavy atom. The first-order valence-corrected chi connectivity index (χ1v) is 11.9. The van der Waals surface area contributed by atoms with Crippen LogP contribution in [0, 0.1) is 0 Å². The lowest BCUT2D eigenvalue weighted by molar-refractivity contribution is -0.138. The van der Waals surface area contributed by atoms with Crippen molar-refractivity contribution in [1.82, 2.24) is 0 Å². The Labute approximate surface area is 196 Å². The minimum absolute atomic E-state index is 0.138. The van der Waals surface area contributed by atoms with E-state index in [9.17, 15) is 14.7 Å². The van der Waals surface area contributed by atoms with Gasteiger partial charge in [-0.1, -0.05) is 79.8 Å². The molecule has 0 saturated heterocycles. The van der Waals surface area contributed by atoms with Crippen molar-refractivity contribution in [3.63, 3.8) is 0 Å². The first-order valence-electron chi connectivity index (χ1n) is 10.8. The summed E-state index contributed by atoms with van der Waals surface area (Å²) < 4.78 is 0. The number of carboxylic acids is 2. The largest absolute Gasteiger partial charge is 0.481 e. The van der Waals surface area contributed by atoms with E-state index in [2.05, 4.69) is 19.1 Å². The maximum Gasteiger partial charge on any atom is 0.321 e. The summed E-state index contributed by atoms with van der Waals surface area (Å²) in [5, 5.41) is 27.8. The lowest BCUT2D eigenvalue weighted by Gasteiger charge is -2.19. The number of thioether (sulfide) groups is 1. The van der Waals surface area contributed by atoms with Gasteiger partial charge < -0.3 is 21.1 Å². The first-order chi connectivity index (χ1) is 15.4. The summed E-state index contributed by atoms with van der Waals surface area (Å²) in [6.45, 7) is 2.08. The van der Waals surface area contributed by atoms with Gasteiger partial charge in [-0.15, -0.1) is 11.8 Å². The molecule has 0 aromatic heterocycles. The van der Waals surface area contributed by atoms with E-state index in [0.29, 0.717) is 12.8 Å². The van der Waals surface area contributed by atoms with Gasteiger partial charge in [0.2, 0.25) is 0 Å². The third kappa shape index (κ3) is 18.4. The van der Waals surface area contributed by atoms with Crippen molar-refractivity contribution >= 4 is 23.7 Å². The first kappa shape index (κ1) is 29.7. The molecule has 3 atom stereocenters. The number of aliphatic hydroxyl groups excluding tert-OH is 1. The van der Waals surface area contributed by atoms with Gasteiger partial charge in [0.05, 0.1) is 6.10 Å². The molecular formula is C25H37NO5S. The third-order valence-electron chi connectivity index (χ3n) is 4.12. The number of rotatable bonds is 18. The van der Waals surface area contributed by atoms with E-state index in [1.54, 1.807) is 0 Å². The molecule has 5 N–H and O–H groups in total. The van der Waals surface area contributed by atoms with Crippen LogP contribution >= 0.6 is 11.8 Å². The van der Waals surface area contributed by atoms with Crippen LogP contribution in [0.25, 0.3) is 0 Å². The average molecular weight is 464 g/mol. The molecule has 0 amide bonds. The average Bonchev–Trinajstić information content (AvgIpc) is 2.75. The third-order valence-corrected chi connectivity index (χ3v) is 5.53. The van der Waals surface area contributed by atoms with E-state index in [4.69, 9.17) is 15.9 Å². The Hall–Kier alpha value is -2.35. The molecule has 0 unspecified atom stereocenters. The minimum Gasteiger partial charge on any atom is -0.481 e. The second kappa shape index (κ2) is 20.5. The van der Waals surface area contributed by atoms with Crippen molar-refractivity contribution in [2.75, 3.05) is 5.75 Å². The van der Waals surface area contributed by atoms with Gasteiger partial charge >= 0.3 is 11.9 Å². The Balaban J connectivity index is 4.64. The molecule has 178 valence electrons. The number of aliphatic carboxylic acids is 2. The lowest BCUT2D eigenvalue weighted by atomic mass is 10.1. The summed E-state index contributed by atoms with van der Waals surface area (Å²) in [6, 6.07) is -0.972. The van der Waals surface area contributed by atoms with Crippen LogP contribution in [0.5, 0.6) is 0 Å². The number of allylic oxidation sites excluding steroid dienone is 10. The van der Waals surface area contributed by atoms with Crippen molar-refractivity contribution in [1.29, 1.82) is 0 Å². The Morgan fingerprint density at radius 2 is 1.56 bits per heavy atom. The van der Waals surface area contributed by atoms with Gasteiger partial charge in [0.25, 0.3) is 0 Å². The molecule has 0 aromatic rings. The highest BCUT2D eigenvalue weighted by atomic mass is 32.2. The highest BCUT2D eigenvalue weighted by Gasteiger charge is 2.19. The molecule has 0 bridgehead atoms. The van der Waals surface area contributed by atoms with Crippen LogP contribution < -0.4 is 5.73 Å². The molecule has 6 nitrogen and oxygen atoms in total. The SMILES string of the molecule is CCC=CCC=CC[C@H](O)[C@@H](C=CC=CC=CCC=CCCC(=O)O)SC[C@H](N)C(=O)O. The van der Waals surface area contributed by atoms with E-state index >= 15 is 0 Å². The van der Waals surface area contributed by atoms with Gasteiger partial charge in [0.1, 0.15) is 6.04 Å². The number of carboxylic acid groups (broad SMARTS) is 2. The molecular weight excluding hydrogens is 426 g/mol. The van der Waals surface area contributed by atoms with Gasteiger partial charge in [0, 0.05) is 17.4 Å². The van der Waals surface area contributed by atoms with Crippen molar-refractivity contribution in [2.45, 2.75) is 62.8 Å². The molecule has 0 saturated carbocycles. The second-order valence-electron chi connectivity index (χ2n) is 6.97. The molecule has 0 spiro atoms. The monoisotopic (exact) mass is 463 g/mol. The van der Waals surface area contributed by atoms with Crippen molar-refractivity contribution in [2.24, 2.45) is 5.73 Å². The maximum atomic E-state index is 11.0. The summed E-state index contributed by atoms with van der Waals surface area (Å²) in [5.74, 6) is -1.65. The quantitative estimate of drug-likeness (QED) is 0.172. The van der Waals surface area contributed by atoms with Crippen LogP contribution in [-0.2, 0) is 9.59 Å². The predicted molar refractivity (Wildman–Crippen MR) is 134 cm³/mol. The molecule has 0 aliphatic carbocycles. The van der Waals surface area contributed by atoms with Gasteiger partial charge in [-0.3, -0.25) is 9.59 Å². The van der Waals surface area contributed by atoms with Gasteiger partial charge in [-0.2, -0.15) is 0 Å². The smallest absolute Gasteiger partial charge is 0.321 e. The van der Waals surface area contributed by atoms with Crippen LogP contribution in [0.4, 0.5) is 0 Å². The Bertz CT molecular complexity index is 694. The fourth-order valence-corrected chi connectivity index (χ4v) is 3.45. The molecule has 7 heteroatoms. The highest BCUT2D eigenvalue weighted by Crippen LogP contribution is 2.20. The van der Waals surface area contributed by atoms with E-state index in [0.717, 1.165) is 19.3 Å². The van der Waals surface area contributed by atoms with Gasteiger partial charge in [-0.05, 0) is 32.1 Å². The number of nitrogens with two attached hydrogens (primary N) is 1. The summed E-state index contributed by atoms with van der Waals surface area (Å²) in [4.78, 5) is 21.4. The molecule has 0 aliphatic heterocycles. The zero-order chi connectivity index (χ0) is 24.0. The number of hydrogen-bond acceptors (Lipinski definition) is 5. The fourth-order valence-electron chi connectivity index (χ4n) is 2.35. The zero-order valence-electron chi connectivity index (χ0n) is 18.8. The van der Waals surface area contributed by atoms with E-state index in [-0.39, 0.29) is 17.4 Å². The maximum absolute atomic E-state index is 11.0. The van der Waals surface area contributed by atoms with Crippen LogP contribution in [-0.4, -0.2) is 50.4 Å². The molecule has 0 heterocycles. The standard InChI is InChI=1S/C25H37NO5S/c1-2-3-4-5-11-14-17-22(27)23(32-20-21(26)25(30)31)18-15-12-9-7-6-8-10-13-16-19-24(28)29/h3-4,6-7,9-15,18,21-23,27H,2,5,8,16-17,19-20,26H2,1H3,(H,28,29)(H,30,31)/t21-,22-,23+/m0/s1. The zero-order valence-corrected chi connectivity index (χ0v) is 19.6. The summed E-state index contributed by atoms with van der Waals surface area (Å²) >= 11 is 1.33. The van der Waals surface area contributed by atoms with Crippen LogP contribution in [0.15, 0.2) is 72.9 Å². The Kier molecular flexibility index (Phi) is 19.0. The number of carbonyl (C=O) groups is 2. The number of hydrogen-bond donors (Lipinski definition) is 4. The van der Waals surface area contributed by atoms with Crippen molar-refractivity contribution < 1.29 is 24.9 Å². The molecule has 0 fully saturated rings. The molecule has 0 radical (unpaired) electrons. The molecule has 0 aliphatic rings. The topological polar surface area (TPSA) is 121 Å². The van der Waals surface area contributed by atoms with Crippen molar-refractivity contribution in [3.05, 3.63) is 72.9 Å². The van der Waals surface area contributed by atoms with E-state index < -0.39 is 24.1 Å². The highest BCUT2D eigenvalue weighted by molar-refractivity contribution is 8.00. The normalized spacial score (nSPS) is 15.7. The second-order valence-corrected chi connectivity index (χ2v) is 8.18. The Morgan fingerprint density at radius 1 is 0.906 bits per heavy atom. The van der Waals surface area contributed by atoms with Crippen molar-refractivity contribution in [3.8, 4) is 0 Å². The molecule has 0 aromatic carbocycles. The van der Waals surface area contributed by atoms with Crippen LogP contribution in [0.2, 0.25) is 0 Å². The predicted octanol–water partition coefficient (Wildman–Crippen LogP) is 4.64. The van der Waals surface area contributed by atoms with Gasteiger partial charge in [0.15, 0.2) is 0 Å². The van der Waals surface area contributed by atoms with Crippen LogP contribution in [0.3, 0.4) is 0 Å². The number of aliphatic hydroxyl groups is 1. The summed E-state index contributed by atoms with van der Waals surface area (Å²) in [6.07, 6.45) is 26.1. The molecule has 0 rings (SSSR count). The summed E-state index contributed by atoms with van der Waals surface area (Å²) in [7, 11) is 0.